The van der Waals surface area contributed by atoms with Gasteiger partial charge >= 0.3 is 96.7 Å². The van der Waals surface area contributed by atoms with Gasteiger partial charge in [0.15, 0.2) is 0 Å². The Morgan fingerprint density at radius 1 is 0.812 bits per heavy atom. The molecule has 0 spiro atoms. The summed E-state index contributed by atoms with van der Waals surface area (Å²) in [5.74, 6) is 0. The average molecular weight is 271 g/mol. The first-order valence-electron chi connectivity index (χ1n) is 4.90. The SMILES string of the molecule is N#C[As](=O)(c1ccccc1)c1ccccc1. The Hall–Kier alpha value is -1.71. The molecule has 16 heavy (non-hydrogen) atoms. The van der Waals surface area contributed by atoms with Crippen molar-refractivity contribution in [2.24, 2.45) is 0 Å². The monoisotopic (exact) mass is 271 g/mol. The Kier molecular flexibility index (Phi) is 2.99. The van der Waals surface area contributed by atoms with E-state index in [1.807, 2.05) is 41.3 Å². The molecule has 3 heteroatoms. The standard InChI is InChI=1S/C13H10AsNO/c15-11-14(16,12-7-3-1-4-8-12)13-9-5-2-6-10-13/h1-10H. The third kappa shape index (κ3) is 1.83. The van der Waals surface area contributed by atoms with Gasteiger partial charge in [0.2, 0.25) is 0 Å². The summed E-state index contributed by atoms with van der Waals surface area (Å²) in [6.07, 6.45) is 0. The van der Waals surface area contributed by atoms with Crippen molar-refractivity contribution in [3.8, 4) is 4.86 Å². The summed E-state index contributed by atoms with van der Waals surface area (Å²) in [5.41, 5.74) is 0. The van der Waals surface area contributed by atoms with Crippen molar-refractivity contribution in [3.63, 3.8) is 0 Å². The number of rotatable bonds is 2. The molecule has 2 aromatic rings. The zero-order chi connectivity index (χ0) is 11.4. The van der Waals surface area contributed by atoms with Gasteiger partial charge in [-0.15, -0.1) is 0 Å². The first-order valence-corrected chi connectivity index (χ1v) is 8.48. The van der Waals surface area contributed by atoms with Gasteiger partial charge in [-0.05, 0) is 0 Å². The Morgan fingerprint density at radius 2 is 1.19 bits per heavy atom. The summed E-state index contributed by atoms with van der Waals surface area (Å²) in [5, 5.41) is 9.21. The normalized spacial score (nSPS) is 10.7. The zero-order valence-corrected chi connectivity index (χ0v) is 10.5. The van der Waals surface area contributed by atoms with Crippen LogP contribution in [0.2, 0.25) is 0 Å². The van der Waals surface area contributed by atoms with Gasteiger partial charge in [-0.2, -0.15) is 0 Å². The van der Waals surface area contributed by atoms with Crippen LogP contribution in [0.3, 0.4) is 0 Å². The second-order valence-corrected chi connectivity index (χ2v) is 8.52. The number of nitriles is 1. The van der Waals surface area contributed by atoms with Crippen molar-refractivity contribution in [1.82, 2.24) is 0 Å². The van der Waals surface area contributed by atoms with Crippen LogP contribution in [0.4, 0.5) is 0 Å². The molecule has 78 valence electrons. The Bertz CT molecular complexity index is 514. The van der Waals surface area contributed by atoms with E-state index in [2.05, 4.69) is 0 Å². The number of benzene rings is 2. The molecule has 0 aliphatic carbocycles. The van der Waals surface area contributed by atoms with Gasteiger partial charge in [-0.1, -0.05) is 0 Å². The number of hydrogen-bond acceptors (Lipinski definition) is 2. The molecule has 0 radical (unpaired) electrons. The fourth-order valence-electron chi connectivity index (χ4n) is 1.54. The molecule has 0 aliphatic heterocycles. The van der Waals surface area contributed by atoms with E-state index in [1.165, 1.54) is 0 Å². The maximum atomic E-state index is 12.7. The molecule has 0 fully saturated rings. The first kappa shape index (κ1) is 10.8. The summed E-state index contributed by atoms with van der Waals surface area (Å²) in [6, 6.07) is 18.0. The number of nitrogens with zero attached hydrogens (tertiary/aromatic N) is 1. The molecular formula is C13H10AsNO. The van der Waals surface area contributed by atoms with Crippen LogP contribution >= 0.6 is 0 Å². The van der Waals surface area contributed by atoms with Crippen LogP contribution in [-0.4, -0.2) is 13.5 Å². The third-order valence-electron chi connectivity index (χ3n) is 2.38. The van der Waals surface area contributed by atoms with E-state index in [0.29, 0.717) is 8.70 Å². The van der Waals surface area contributed by atoms with Gasteiger partial charge in [-0.3, -0.25) is 0 Å². The quantitative estimate of drug-likeness (QED) is 0.771. The van der Waals surface area contributed by atoms with Crippen LogP contribution in [0.25, 0.3) is 0 Å². The molecule has 0 amide bonds. The maximum absolute atomic E-state index is 12.7. The predicted molar refractivity (Wildman–Crippen MR) is 64.2 cm³/mol. The Balaban J connectivity index is 2.60. The van der Waals surface area contributed by atoms with E-state index >= 15 is 0 Å². The van der Waals surface area contributed by atoms with Gasteiger partial charge in [0.25, 0.3) is 0 Å². The van der Waals surface area contributed by atoms with Crippen molar-refractivity contribution in [2.45, 2.75) is 0 Å². The van der Waals surface area contributed by atoms with E-state index in [4.69, 9.17) is 0 Å². The molecule has 2 nitrogen and oxygen atoms in total. The van der Waals surface area contributed by atoms with E-state index < -0.39 is 13.5 Å². The summed E-state index contributed by atoms with van der Waals surface area (Å²) in [6.45, 7) is 0. The number of hydrogen-bond donors (Lipinski definition) is 0. The first-order chi connectivity index (χ1) is 7.77. The molecule has 0 saturated carbocycles. The molecular weight excluding hydrogens is 261 g/mol. The molecule has 0 unspecified atom stereocenters. The van der Waals surface area contributed by atoms with Crippen molar-refractivity contribution < 1.29 is 3.74 Å². The second kappa shape index (κ2) is 4.43. The van der Waals surface area contributed by atoms with Crippen molar-refractivity contribution in [2.75, 3.05) is 0 Å². The van der Waals surface area contributed by atoms with E-state index in [0.717, 1.165) is 0 Å². The van der Waals surface area contributed by atoms with Gasteiger partial charge in [-0.25, -0.2) is 0 Å². The third-order valence-corrected chi connectivity index (χ3v) is 7.27. The van der Waals surface area contributed by atoms with Crippen LogP contribution in [0.5, 0.6) is 0 Å². The molecule has 0 bridgehead atoms. The summed E-state index contributed by atoms with van der Waals surface area (Å²) < 4.78 is 14.0. The van der Waals surface area contributed by atoms with Crippen LogP contribution in [0.1, 0.15) is 0 Å². The fourth-order valence-corrected chi connectivity index (χ4v) is 5.13. The molecule has 0 saturated heterocycles. The minimum absolute atomic E-state index is 0.648. The Labute approximate surface area is 96.8 Å². The summed E-state index contributed by atoms with van der Waals surface area (Å²) in [4.78, 5) is 2.03. The molecule has 2 rings (SSSR count). The van der Waals surface area contributed by atoms with Crippen LogP contribution < -0.4 is 8.70 Å². The Morgan fingerprint density at radius 3 is 1.50 bits per heavy atom. The van der Waals surface area contributed by atoms with Gasteiger partial charge in [0.1, 0.15) is 0 Å². The van der Waals surface area contributed by atoms with E-state index in [-0.39, 0.29) is 0 Å². The van der Waals surface area contributed by atoms with Crippen molar-refractivity contribution >= 4 is 22.2 Å². The van der Waals surface area contributed by atoms with Crippen molar-refractivity contribution in [3.05, 3.63) is 60.7 Å². The molecule has 0 aromatic heterocycles. The van der Waals surface area contributed by atoms with Crippen molar-refractivity contribution in [1.29, 1.82) is 5.26 Å². The fraction of sp³-hybridized carbons (Fsp3) is 0. The molecule has 0 atom stereocenters. The summed E-state index contributed by atoms with van der Waals surface area (Å²) in [7, 11) is 0. The molecule has 0 N–H and O–H groups in total. The van der Waals surface area contributed by atoms with Crippen LogP contribution in [0.15, 0.2) is 60.7 Å². The molecule has 0 aliphatic rings. The average Bonchev–Trinajstić information content (AvgIpc) is 2.40. The van der Waals surface area contributed by atoms with Crippen LogP contribution in [-0.2, 0) is 3.74 Å². The van der Waals surface area contributed by atoms with Crippen LogP contribution in [0, 0.1) is 10.1 Å². The topological polar surface area (TPSA) is 40.9 Å². The minimum atomic E-state index is -3.80. The van der Waals surface area contributed by atoms with Gasteiger partial charge < -0.3 is 0 Å². The summed E-state index contributed by atoms with van der Waals surface area (Å²) >= 11 is -3.80. The van der Waals surface area contributed by atoms with E-state index in [9.17, 15) is 9.00 Å². The zero-order valence-electron chi connectivity index (χ0n) is 8.58. The predicted octanol–water partition coefficient (Wildman–Crippen LogP) is 1.24. The van der Waals surface area contributed by atoms with E-state index in [1.54, 1.807) is 24.3 Å². The van der Waals surface area contributed by atoms with Gasteiger partial charge in [0, 0.05) is 0 Å². The molecule has 0 heterocycles. The van der Waals surface area contributed by atoms with Gasteiger partial charge in [0.05, 0.1) is 0 Å². The second-order valence-electron chi connectivity index (χ2n) is 3.38. The molecule has 2 aromatic carbocycles.